The average Bonchev–Trinajstić information content (AvgIpc) is 3.03. The number of aliphatic imine (C=N–C) groups is 1. The van der Waals surface area contributed by atoms with Crippen LogP contribution in [0.1, 0.15) is 30.9 Å². The number of nitrogens with zero attached hydrogens (tertiary/aromatic N) is 1. The number of hydrogen-bond donors (Lipinski definition) is 0. The Morgan fingerprint density at radius 3 is 2.74 bits per heavy atom. The number of ether oxygens (including phenoxy) is 1. The summed E-state index contributed by atoms with van der Waals surface area (Å²) in [6, 6.07) is 4.01. The molecule has 0 N–H and O–H groups in total. The monoisotopic (exact) mass is 321 g/mol. The molecular formula is C17H14F3NO2. The van der Waals surface area contributed by atoms with Crippen LogP contribution in [0.25, 0.3) is 5.57 Å². The largest absolute Gasteiger partial charge is 0.573 e. The molecular weight excluding hydrogens is 307 g/mol. The van der Waals surface area contributed by atoms with E-state index in [1.165, 1.54) is 18.2 Å². The Hall–Kier alpha value is -2.37. The number of fused-ring (bicyclic) bond motifs is 1. The predicted molar refractivity (Wildman–Crippen MR) is 80.2 cm³/mol. The van der Waals surface area contributed by atoms with Gasteiger partial charge in [-0.2, -0.15) is 0 Å². The number of benzene rings is 1. The highest BCUT2D eigenvalue weighted by Crippen LogP contribution is 2.35. The van der Waals surface area contributed by atoms with Crippen LogP contribution in [0.2, 0.25) is 0 Å². The molecule has 0 amide bonds. The molecule has 1 aromatic rings. The predicted octanol–water partition coefficient (Wildman–Crippen LogP) is 4.23. The molecule has 1 aromatic carbocycles. The van der Waals surface area contributed by atoms with Gasteiger partial charge in [0, 0.05) is 30.3 Å². The van der Waals surface area contributed by atoms with Crippen LogP contribution in [-0.2, 0) is 11.2 Å². The Bertz CT molecular complexity index is 758. The lowest BCUT2D eigenvalue weighted by Crippen LogP contribution is -2.17. The topological polar surface area (TPSA) is 38.7 Å². The van der Waals surface area contributed by atoms with E-state index >= 15 is 0 Å². The summed E-state index contributed by atoms with van der Waals surface area (Å²) in [5, 5.41) is 0. The van der Waals surface area contributed by atoms with Crippen LogP contribution in [0.4, 0.5) is 13.2 Å². The van der Waals surface area contributed by atoms with Gasteiger partial charge in [-0.05, 0) is 41.3 Å². The highest BCUT2D eigenvalue weighted by atomic mass is 19.4. The number of halogens is 3. The molecule has 1 aliphatic heterocycles. The molecule has 3 rings (SSSR count). The molecule has 0 atom stereocenters. The van der Waals surface area contributed by atoms with Crippen molar-refractivity contribution in [1.82, 2.24) is 0 Å². The van der Waals surface area contributed by atoms with Crippen molar-refractivity contribution in [2.24, 2.45) is 4.99 Å². The SMILES string of the molecule is CCC1=NC=C(/C=C2\C(=O)Cc3ccc(OC(F)(F)F)cc32)C1. The van der Waals surface area contributed by atoms with Crippen LogP contribution < -0.4 is 4.74 Å². The quantitative estimate of drug-likeness (QED) is 0.781. The second kappa shape index (κ2) is 5.68. The van der Waals surface area contributed by atoms with E-state index in [-0.39, 0.29) is 18.0 Å². The van der Waals surface area contributed by atoms with E-state index in [2.05, 4.69) is 9.73 Å². The summed E-state index contributed by atoms with van der Waals surface area (Å²) in [7, 11) is 0. The third-order valence-corrected chi connectivity index (χ3v) is 3.82. The minimum atomic E-state index is -4.75. The van der Waals surface area contributed by atoms with Crippen LogP contribution in [0.5, 0.6) is 5.75 Å². The summed E-state index contributed by atoms with van der Waals surface area (Å²) in [4.78, 5) is 16.4. The van der Waals surface area contributed by atoms with Crippen molar-refractivity contribution in [1.29, 1.82) is 0 Å². The maximum atomic E-state index is 12.3. The van der Waals surface area contributed by atoms with Gasteiger partial charge in [-0.25, -0.2) is 0 Å². The van der Waals surface area contributed by atoms with E-state index in [4.69, 9.17) is 0 Å². The van der Waals surface area contributed by atoms with E-state index in [9.17, 15) is 18.0 Å². The number of carbonyl (C=O) groups is 1. The smallest absolute Gasteiger partial charge is 0.406 e. The van der Waals surface area contributed by atoms with Gasteiger partial charge in [-0.3, -0.25) is 9.79 Å². The van der Waals surface area contributed by atoms with E-state index in [1.54, 1.807) is 12.3 Å². The molecule has 0 bridgehead atoms. The van der Waals surface area contributed by atoms with Crippen LogP contribution in [0, 0.1) is 0 Å². The van der Waals surface area contributed by atoms with Crippen LogP contribution in [0.3, 0.4) is 0 Å². The summed E-state index contributed by atoms with van der Waals surface area (Å²) in [5.74, 6) is -0.419. The van der Waals surface area contributed by atoms with Gasteiger partial charge in [0.05, 0.1) is 0 Å². The van der Waals surface area contributed by atoms with Gasteiger partial charge in [-0.1, -0.05) is 13.0 Å². The average molecular weight is 321 g/mol. The molecule has 0 spiro atoms. The van der Waals surface area contributed by atoms with Gasteiger partial charge in [-0.15, -0.1) is 13.2 Å². The molecule has 1 heterocycles. The molecule has 3 nitrogen and oxygen atoms in total. The Kier molecular flexibility index (Phi) is 3.83. The van der Waals surface area contributed by atoms with Crippen LogP contribution in [-0.4, -0.2) is 17.9 Å². The number of ketones is 1. The fraction of sp³-hybridized carbons (Fsp3) is 0.294. The molecule has 0 saturated carbocycles. The zero-order valence-corrected chi connectivity index (χ0v) is 12.4. The van der Waals surface area contributed by atoms with Gasteiger partial charge in [0.1, 0.15) is 5.75 Å². The highest BCUT2D eigenvalue weighted by molar-refractivity contribution is 6.26. The number of rotatable bonds is 3. The molecule has 0 aromatic heterocycles. The van der Waals surface area contributed by atoms with Crippen LogP contribution >= 0.6 is 0 Å². The van der Waals surface area contributed by atoms with Crippen molar-refractivity contribution < 1.29 is 22.7 Å². The second-order valence-corrected chi connectivity index (χ2v) is 5.45. The number of Topliss-reactive ketones (excluding diaryl/α,β-unsaturated/α-hetero) is 1. The lowest BCUT2D eigenvalue weighted by Gasteiger charge is -2.10. The lowest BCUT2D eigenvalue weighted by atomic mass is 10.0. The van der Waals surface area contributed by atoms with Gasteiger partial charge in [0.25, 0.3) is 0 Å². The molecule has 6 heteroatoms. The molecule has 120 valence electrons. The Morgan fingerprint density at radius 2 is 2.09 bits per heavy atom. The van der Waals surface area contributed by atoms with E-state index in [0.29, 0.717) is 23.1 Å². The van der Waals surface area contributed by atoms with Gasteiger partial charge >= 0.3 is 6.36 Å². The highest BCUT2D eigenvalue weighted by Gasteiger charge is 2.32. The fourth-order valence-corrected chi connectivity index (χ4v) is 2.73. The second-order valence-electron chi connectivity index (χ2n) is 5.45. The summed E-state index contributed by atoms with van der Waals surface area (Å²) < 4.78 is 41.0. The van der Waals surface area contributed by atoms with E-state index in [1.807, 2.05) is 6.92 Å². The third-order valence-electron chi connectivity index (χ3n) is 3.82. The van der Waals surface area contributed by atoms with Crippen molar-refractivity contribution in [3.63, 3.8) is 0 Å². The summed E-state index contributed by atoms with van der Waals surface area (Å²) in [6.07, 6.45) is 0.365. The first-order valence-electron chi connectivity index (χ1n) is 7.24. The molecule has 23 heavy (non-hydrogen) atoms. The number of carbonyl (C=O) groups excluding carboxylic acids is 1. The van der Waals surface area contributed by atoms with Crippen molar-refractivity contribution in [2.45, 2.75) is 32.5 Å². The van der Waals surface area contributed by atoms with Crippen molar-refractivity contribution in [2.75, 3.05) is 0 Å². The maximum absolute atomic E-state index is 12.3. The van der Waals surface area contributed by atoms with Crippen molar-refractivity contribution in [3.05, 3.63) is 47.2 Å². The van der Waals surface area contributed by atoms with E-state index in [0.717, 1.165) is 17.7 Å². The number of hydrogen-bond acceptors (Lipinski definition) is 3. The summed E-state index contributed by atoms with van der Waals surface area (Å²) >= 11 is 0. The molecule has 0 radical (unpaired) electrons. The van der Waals surface area contributed by atoms with Crippen molar-refractivity contribution in [3.8, 4) is 5.75 Å². The molecule has 0 fully saturated rings. The van der Waals surface area contributed by atoms with Gasteiger partial charge in [0.2, 0.25) is 0 Å². The standard InChI is InChI=1S/C17H14F3NO2/c1-2-12-5-10(9-21-12)6-15-14-8-13(23-17(18,19)20)4-3-11(14)7-16(15)22/h3-4,6,8-9H,2,5,7H2,1H3/b15-6-. The fourth-order valence-electron chi connectivity index (χ4n) is 2.73. The lowest BCUT2D eigenvalue weighted by molar-refractivity contribution is -0.274. The Morgan fingerprint density at radius 1 is 1.30 bits per heavy atom. The molecule has 0 saturated heterocycles. The summed E-state index contributed by atoms with van der Waals surface area (Å²) in [5.41, 5.74) is 3.55. The minimum absolute atomic E-state index is 0.102. The van der Waals surface area contributed by atoms with Gasteiger partial charge < -0.3 is 4.74 Å². The minimum Gasteiger partial charge on any atom is -0.406 e. The maximum Gasteiger partial charge on any atom is 0.573 e. The number of allylic oxidation sites excluding steroid dienone is 3. The molecule has 1 aliphatic carbocycles. The van der Waals surface area contributed by atoms with Crippen LogP contribution in [0.15, 0.2) is 41.0 Å². The first kappa shape index (κ1) is 15.5. The first-order chi connectivity index (χ1) is 10.9. The first-order valence-corrected chi connectivity index (χ1v) is 7.24. The number of alkyl halides is 3. The molecule has 2 aliphatic rings. The third kappa shape index (κ3) is 3.36. The molecule has 0 unspecified atom stereocenters. The van der Waals surface area contributed by atoms with Crippen molar-refractivity contribution >= 4 is 17.1 Å². The zero-order valence-electron chi connectivity index (χ0n) is 12.4. The summed E-state index contributed by atoms with van der Waals surface area (Å²) in [6.45, 7) is 2.00. The Labute approximate surface area is 131 Å². The zero-order chi connectivity index (χ0) is 16.6. The normalized spacial score (nSPS) is 19.0. The van der Waals surface area contributed by atoms with Gasteiger partial charge in [0.15, 0.2) is 5.78 Å². The Balaban J connectivity index is 1.90. The van der Waals surface area contributed by atoms with E-state index < -0.39 is 6.36 Å².